The molecule has 1 aliphatic heterocycles. The molecule has 0 unspecified atom stereocenters. The normalized spacial score (nSPS) is 15.3. The second-order valence-electron chi connectivity index (χ2n) is 5.72. The van der Waals surface area contributed by atoms with Crippen molar-refractivity contribution < 1.29 is 14.7 Å². The summed E-state index contributed by atoms with van der Waals surface area (Å²) in [7, 11) is 0. The van der Waals surface area contributed by atoms with E-state index in [0.717, 1.165) is 11.1 Å². The topological polar surface area (TPSA) is 83.6 Å². The molecule has 0 saturated carbocycles. The van der Waals surface area contributed by atoms with Gasteiger partial charge in [-0.3, -0.25) is 4.79 Å². The molecule has 20 heavy (non-hydrogen) atoms. The van der Waals surface area contributed by atoms with E-state index in [1.54, 1.807) is 23.1 Å². The van der Waals surface area contributed by atoms with Crippen LogP contribution in [0.1, 0.15) is 41.8 Å². The number of carbonyl (C=O) groups is 2. The highest BCUT2D eigenvalue weighted by atomic mass is 16.4. The summed E-state index contributed by atoms with van der Waals surface area (Å²) in [5.74, 6) is -0.640. The van der Waals surface area contributed by atoms with Gasteiger partial charge >= 0.3 is 5.97 Å². The predicted octanol–water partition coefficient (Wildman–Crippen LogP) is 1.60. The number of carboxylic acids is 1. The van der Waals surface area contributed by atoms with Gasteiger partial charge in [0, 0.05) is 13.1 Å². The van der Waals surface area contributed by atoms with Crippen LogP contribution in [0.5, 0.6) is 0 Å². The van der Waals surface area contributed by atoms with E-state index < -0.39 is 12.0 Å². The first-order chi connectivity index (χ1) is 9.38. The van der Waals surface area contributed by atoms with Crippen molar-refractivity contribution in [3.63, 3.8) is 0 Å². The Hall–Kier alpha value is -1.88. The van der Waals surface area contributed by atoms with E-state index in [2.05, 4.69) is 0 Å². The third kappa shape index (κ3) is 2.99. The second-order valence-corrected chi connectivity index (χ2v) is 5.72. The molecule has 1 amide bonds. The molecule has 0 bridgehead atoms. The quantitative estimate of drug-likeness (QED) is 0.875. The Morgan fingerprint density at radius 3 is 2.55 bits per heavy atom. The van der Waals surface area contributed by atoms with E-state index in [1.807, 2.05) is 13.8 Å². The molecule has 0 aromatic heterocycles. The Kier molecular flexibility index (Phi) is 4.09. The Morgan fingerprint density at radius 2 is 1.95 bits per heavy atom. The highest BCUT2D eigenvalue weighted by Gasteiger charge is 2.27. The number of amides is 1. The van der Waals surface area contributed by atoms with Gasteiger partial charge in [0.05, 0.1) is 11.6 Å². The zero-order valence-corrected chi connectivity index (χ0v) is 11.8. The fraction of sp³-hybridized carbons (Fsp3) is 0.467. The lowest BCUT2D eigenvalue weighted by atomic mass is 10.0. The molecule has 5 heteroatoms. The molecule has 0 fully saturated rings. The van der Waals surface area contributed by atoms with Crippen molar-refractivity contribution >= 4 is 11.9 Å². The molecule has 2 rings (SSSR count). The molecular weight excluding hydrogens is 256 g/mol. The number of hydrogen-bond acceptors (Lipinski definition) is 3. The largest absolute Gasteiger partial charge is 0.478 e. The summed E-state index contributed by atoms with van der Waals surface area (Å²) in [4.78, 5) is 24.9. The maximum Gasteiger partial charge on any atom is 0.335 e. The number of carbonyl (C=O) groups excluding carboxylic acids is 1. The fourth-order valence-electron chi connectivity index (χ4n) is 2.53. The molecule has 0 aliphatic carbocycles. The van der Waals surface area contributed by atoms with Crippen LogP contribution < -0.4 is 5.73 Å². The van der Waals surface area contributed by atoms with Gasteiger partial charge in [-0.25, -0.2) is 4.79 Å². The summed E-state index contributed by atoms with van der Waals surface area (Å²) >= 11 is 0. The molecule has 3 N–H and O–H groups in total. The van der Waals surface area contributed by atoms with E-state index in [-0.39, 0.29) is 11.5 Å². The van der Waals surface area contributed by atoms with Gasteiger partial charge in [-0.15, -0.1) is 0 Å². The molecule has 1 heterocycles. The lowest BCUT2D eigenvalue weighted by molar-refractivity contribution is -0.133. The first kappa shape index (κ1) is 14.5. The van der Waals surface area contributed by atoms with Crippen LogP contribution >= 0.6 is 0 Å². The van der Waals surface area contributed by atoms with Gasteiger partial charge in [-0.05, 0) is 35.6 Å². The van der Waals surface area contributed by atoms with Crippen molar-refractivity contribution in [2.75, 3.05) is 0 Å². The van der Waals surface area contributed by atoms with Crippen LogP contribution in [0, 0.1) is 5.92 Å². The Balaban J connectivity index is 2.09. The summed E-state index contributed by atoms with van der Waals surface area (Å²) < 4.78 is 0. The predicted molar refractivity (Wildman–Crippen MR) is 75.1 cm³/mol. The number of rotatable bonds is 4. The van der Waals surface area contributed by atoms with Crippen molar-refractivity contribution in [1.82, 2.24) is 4.90 Å². The van der Waals surface area contributed by atoms with Gasteiger partial charge in [0.1, 0.15) is 0 Å². The van der Waals surface area contributed by atoms with E-state index in [9.17, 15) is 9.59 Å². The maximum atomic E-state index is 12.3. The Morgan fingerprint density at radius 1 is 1.30 bits per heavy atom. The molecule has 1 aromatic rings. The van der Waals surface area contributed by atoms with Crippen molar-refractivity contribution in [1.29, 1.82) is 0 Å². The van der Waals surface area contributed by atoms with Crippen LogP contribution in [0.2, 0.25) is 0 Å². The van der Waals surface area contributed by atoms with Crippen molar-refractivity contribution in [2.45, 2.75) is 39.4 Å². The minimum atomic E-state index is -0.950. The summed E-state index contributed by atoms with van der Waals surface area (Å²) in [5, 5.41) is 8.98. The van der Waals surface area contributed by atoms with E-state index in [4.69, 9.17) is 10.8 Å². The average Bonchev–Trinajstić information content (AvgIpc) is 2.79. The van der Waals surface area contributed by atoms with E-state index in [0.29, 0.717) is 25.4 Å². The molecule has 108 valence electrons. The van der Waals surface area contributed by atoms with Crippen LogP contribution in [0.4, 0.5) is 0 Å². The highest BCUT2D eigenvalue weighted by Crippen LogP contribution is 2.25. The van der Waals surface area contributed by atoms with E-state index >= 15 is 0 Å². The fourth-order valence-corrected chi connectivity index (χ4v) is 2.53. The molecule has 0 saturated heterocycles. The molecular formula is C15H20N2O3. The molecule has 0 spiro atoms. The van der Waals surface area contributed by atoms with Crippen LogP contribution in [-0.4, -0.2) is 27.9 Å². The number of fused-ring (bicyclic) bond motifs is 1. The van der Waals surface area contributed by atoms with Gasteiger partial charge in [0.15, 0.2) is 0 Å². The lowest BCUT2D eigenvalue weighted by Gasteiger charge is -2.21. The molecule has 1 atom stereocenters. The Bertz CT molecular complexity index is 540. The minimum absolute atomic E-state index is 0.0632. The van der Waals surface area contributed by atoms with Crippen LogP contribution in [0.25, 0.3) is 0 Å². The molecule has 1 aromatic carbocycles. The number of carboxylic acid groups (broad SMARTS) is 1. The van der Waals surface area contributed by atoms with Crippen LogP contribution in [0.3, 0.4) is 0 Å². The van der Waals surface area contributed by atoms with Crippen LogP contribution in [0.15, 0.2) is 18.2 Å². The smallest absolute Gasteiger partial charge is 0.335 e. The zero-order valence-electron chi connectivity index (χ0n) is 11.8. The van der Waals surface area contributed by atoms with Crippen molar-refractivity contribution in [3.8, 4) is 0 Å². The molecule has 1 aliphatic rings. The first-order valence-corrected chi connectivity index (χ1v) is 6.78. The summed E-state index contributed by atoms with van der Waals surface area (Å²) in [5.41, 5.74) is 8.08. The SMILES string of the molecule is CC(C)C[C@H](N)C(=O)N1Cc2ccc(C(=O)O)cc2C1. The molecule has 0 radical (unpaired) electrons. The standard InChI is InChI=1S/C15H20N2O3/c1-9(2)5-13(16)14(18)17-7-11-4-3-10(15(19)20)6-12(11)8-17/h3-4,6,9,13H,5,7-8,16H2,1-2H3,(H,19,20)/t13-/m0/s1. The third-order valence-electron chi connectivity index (χ3n) is 3.53. The number of hydrogen-bond donors (Lipinski definition) is 2. The third-order valence-corrected chi connectivity index (χ3v) is 3.53. The minimum Gasteiger partial charge on any atom is -0.478 e. The van der Waals surface area contributed by atoms with Gasteiger partial charge in [-0.1, -0.05) is 19.9 Å². The van der Waals surface area contributed by atoms with Gasteiger partial charge in [0.25, 0.3) is 0 Å². The maximum absolute atomic E-state index is 12.3. The second kappa shape index (κ2) is 5.63. The lowest BCUT2D eigenvalue weighted by Crippen LogP contribution is -2.41. The number of nitrogens with zero attached hydrogens (tertiary/aromatic N) is 1. The van der Waals surface area contributed by atoms with Gasteiger partial charge in [0.2, 0.25) is 5.91 Å². The van der Waals surface area contributed by atoms with Gasteiger partial charge < -0.3 is 15.7 Å². The monoisotopic (exact) mass is 276 g/mol. The zero-order chi connectivity index (χ0) is 14.9. The first-order valence-electron chi connectivity index (χ1n) is 6.78. The Labute approximate surface area is 118 Å². The number of nitrogens with two attached hydrogens (primary N) is 1. The molecule has 5 nitrogen and oxygen atoms in total. The average molecular weight is 276 g/mol. The van der Waals surface area contributed by atoms with Crippen molar-refractivity contribution in [2.24, 2.45) is 11.7 Å². The van der Waals surface area contributed by atoms with E-state index in [1.165, 1.54) is 0 Å². The van der Waals surface area contributed by atoms with Crippen LogP contribution in [-0.2, 0) is 17.9 Å². The summed E-state index contributed by atoms with van der Waals surface area (Å²) in [6.45, 7) is 5.02. The number of benzene rings is 1. The highest BCUT2D eigenvalue weighted by molar-refractivity contribution is 5.88. The van der Waals surface area contributed by atoms with Gasteiger partial charge in [-0.2, -0.15) is 0 Å². The summed E-state index contributed by atoms with van der Waals surface area (Å²) in [6, 6.07) is 4.51. The number of aromatic carboxylic acids is 1. The summed E-state index contributed by atoms with van der Waals surface area (Å²) in [6.07, 6.45) is 0.659. The van der Waals surface area contributed by atoms with Crippen molar-refractivity contribution in [3.05, 3.63) is 34.9 Å².